The largest absolute Gasteiger partial charge is 0.433 e. The van der Waals surface area contributed by atoms with Gasteiger partial charge >= 0.3 is 6.18 Å². The van der Waals surface area contributed by atoms with Crippen LogP contribution in [0.2, 0.25) is 0 Å². The number of nitrogens with one attached hydrogen (secondary N) is 1. The van der Waals surface area contributed by atoms with Gasteiger partial charge in [0.05, 0.1) is 29.5 Å². The number of benzene rings is 2. The monoisotopic (exact) mass is 589 g/mol. The van der Waals surface area contributed by atoms with E-state index in [-0.39, 0.29) is 35.2 Å². The van der Waals surface area contributed by atoms with Crippen LogP contribution in [0.3, 0.4) is 0 Å². The number of hydrogen-bond donors (Lipinski definition) is 3. The van der Waals surface area contributed by atoms with Gasteiger partial charge in [0.25, 0.3) is 5.91 Å². The predicted octanol–water partition coefficient (Wildman–Crippen LogP) is 4.86. The summed E-state index contributed by atoms with van der Waals surface area (Å²) in [6, 6.07) is 8.61. The molecule has 7 nitrogen and oxygen atoms in total. The third-order valence-electron chi connectivity index (χ3n) is 7.06. The molecule has 1 aliphatic rings. The van der Waals surface area contributed by atoms with Crippen LogP contribution in [0.4, 0.5) is 26.3 Å². The Morgan fingerprint density at radius 2 is 1.81 bits per heavy atom. The van der Waals surface area contributed by atoms with Crippen LogP contribution in [0.1, 0.15) is 51.0 Å². The molecule has 13 heteroatoms. The summed E-state index contributed by atoms with van der Waals surface area (Å²) in [5, 5.41) is 17.9. The molecule has 2 heterocycles. The van der Waals surface area contributed by atoms with Gasteiger partial charge < -0.3 is 10.8 Å². The SMILES string of the molecule is NC(=O)c1cc(-c2cccnc2[C@H](Cc2cc(F)cc(F)c2)NC(O)Cn2nc3c(c2C(F)(F)F)CCC3)ccc1F. The van der Waals surface area contributed by atoms with Crippen molar-refractivity contribution in [2.24, 2.45) is 5.73 Å². The van der Waals surface area contributed by atoms with Gasteiger partial charge in [0.1, 0.15) is 29.4 Å². The molecule has 1 amide bonds. The van der Waals surface area contributed by atoms with E-state index in [1.165, 1.54) is 18.3 Å². The Labute approximate surface area is 236 Å². The molecule has 0 fully saturated rings. The summed E-state index contributed by atoms with van der Waals surface area (Å²) in [5.74, 6) is -3.55. The molecule has 0 aliphatic heterocycles. The number of aliphatic hydroxyl groups is 1. The van der Waals surface area contributed by atoms with E-state index in [1.54, 1.807) is 12.1 Å². The molecule has 4 N–H and O–H groups in total. The lowest BCUT2D eigenvalue weighted by molar-refractivity contribution is -0.145. The molecule has 0 radical (unpaired) electrons. The van der Waals surface area contributed by atoms with E-state index < -0.39 is 54.0 Å². The van der Waals surface area contributed by atoms with Gasteiger partial charge in [-0.1, -0.05) is 12.1 Å². The molecule has 2 aromatic heterocycles. The Bertz CT molecular complexity index is 1620. The maximum Gasteiger partial charge on any atom is 0.433 e. The quantitative estimate of drug-likeness (QED) is 0.191. The van der Waals surface area contributed by atoms with Crippen molar-refractivity contribution in [3.05, 3.63) is 106 Å². The Balaban J connectivity index is 1.53. The van der Waals surface area contributed by atoms with E-state index in [0.717, 1.165) is 22.9 Å². The van der Waals surface area contributed by atoms with E-state index in [9.17, 15) is 36.2 Å². The molecule has 5 rings (SSSR count). The second-order valence-corrected chi connectivity index (χ2v) is 10.0. The number of rotatable bonds is 9. The fourth-order valence-corrected chi connectivity index (χ4v) is 5.36. The van der Waals surface area contributed by atoms with Crippen LogP contribution in [0.5, 0.6) is 0 Å². The number of aliphatic hydroxyl groups excluding tert-OH is 1. The fraction of sp³-hybridized carbons (Fsp3) is 0.276. The summed E-state index contributed by atoms with van der Waals surface area (Å²) in [6.07, 6.45) is -3.88. The van der Waals surface area contributed by atoms with Crippen molar-refractivity contribution in [3.63, 3.8) is 0 Å². The fourth-order valence-electron chi connectivity index (χ4n) is 5.36. The van der Waals surface area contributed by atoms with Crippen molar-refractivity contribution in [2.45, 2.75) is 50.7 Å². The zero-order valence-electron chi connectivity index (χ0n) is 21.9. The highest BCUT2D eigenvalue weighted by Crippen LogP contribution is 2.37. The van der Waals surface area contributed by atoms with E-state index in [4.69, 9.17) is 5.73 Å². The number of amides is 1. The molecule has 2 atom stereocenters. The Morgan fingerprint density at radius 1 is 1.07 bits per heavy atom. The minimum atomic E-state index is -4.70. The van der Waals surface area contributed by atoms with Crippen molar-refractivity contribution in [1.82, 2.24) is 20.1 Å². The van der Waals surface area contributed by atoms with E-state index in [1.807, 2.05) is 0 Å². The molecular formula is C29H25F6N5O2. The number of aryl methyl sites for hydroxylation is 1. The molecule has 0 saturated heterocycles. The van der Waals surface area contributed by atoms with Crippen LogP contribution in [0, 0.1) is 17.5 Å². The third kappa shape index (κ3) is 6.16. The number of carbonyl (C=O) groups is 1. The van der Waals surface area contributed by atoms with Crippen LogP contribution in [-0.4, -0.2) is 32.0 Å². The number of pyridine rings is 1. The van der Waals surface area contributed by atoms with Gasteiger partial charge in [-0.2, -0.15) is 18.3 Å². The number of hydrogen-bond acceptors (Lipinski definition) is 5. The van der Waals surface area contributed by atoms with E-state index >= 15 is 0 Å². The van der Waals surface area contributed by atoms with Crippen molar-refractivity contribution in [3.8, 4) is 11.1 Å². The molecule has 42 heavy (non-hydrogen) atoms. The molecule has 4 aromatic rings. The summed E-state index contributed by atoms with van der Waals surface area (Å²) < 4.78 is 84.8. The van der Waals surface area contributed by atoms with Crippen LogP contribution in [0.25, 0.3) is 11.1 Å². The van der Waals surface area contributed by atoms with Gasteiger partial charge in [0.2, 0.25) is 0 Å². The maximum absolute atomic E-state index is 14.2. The summed E-state index contributed by atoms with van der Waals surface area (Å²) in [7, 11) is 0. The number of nitrogens with zero attached hydrogens (tertiary/aromatic N) is 3. The number of fused-ring (bicyclic) bond motifs is 1. The van der Waals surface area contributed by atoms with E-state index in [0.29, 0.717) is 35.7 Å². The van der Waals surface area contributed by atoms with Gasteiger partial charge in [-0.15, -0.1) is 0 Å². The van der Waals surface area contributed by atoms with Crippen molar-refractivity contribution >= 4 is 5.91 Å². The minimum absolute atomic E-state index is 0.107. The Hall–Kier alpha value is -4.23. The molecular weight excluding hydrogens is 564 g/mol. The first kappa shape index (κ1) is 29.3. The van der Waals surface area contributed by atoms with Crippen molar-refractivity contribution in [2.75, 3.05) is 0 Å². The van der Waals surface area contributed by atoms with E-state index in [2.05, 4.69) is 15.4 Å². The number of alkyl halides is 3. The second-order valence-electron chi connectivity index (χ2n) is 10.0. The average molecular weight is 590 g/mol. The van der Waals surface area contributed by atoms with Gasteiger partial charge in [0.15, 0.2) is 0 Å². The first-order valence-electron chi connectivity index (χ1n) is 13.0. The normalized spacial score (nSPS) is 14.5. The lowest BCUT2D eigenvalue weighted by Gasteiger charge is -2.25. The standard InChI is InChI=1S/C29H25F6N5O2/c30-17-9-15(10-18(31)13-17)11-24(26-19(4-2-8-37-26)16-6-7-22(32)21(12-16)28(36)42)38-25(41)14-40-27(29(33,34)35)20-3-1-5-23(20)39-40/h2,4,6-10,12-13,24-25,38,41H,1,3,5,11,14H2,(H2,36,42)/t24-,25?/m0/s1. The third-order valence-corrected chi connectivity index (χ3v) is 7.06. The van der Waals surface area contributed by atoms with Gasteiger partial charge in [-0.25, -0.2) is 13.2 Å². The minimum Gasteiger partial charge on any atom is -0.377 e. The lowest BCUT2D eigenvalue weighted by Crippen LogP contribution is -2.38. The molecule has 0 spiro atoms. The Morgan fingerprint density at radius 3 is 2.50 bits per heavy atom. The van der Waals surface area contributed by atoms with Crippen LogP contribution in [-0.2, 0) is 32.0 Å². The van der Waals surface area contributed by atoms with Gasteiger partial charge in [-0.3, -0.25) is 19.8 Å². The first-order valence-corrected chi connectivity index (χ1v) is 13.0. The summed E-state index contributed by atoms with van der Waals surface area (Å²) in [4.78, 5) is 16.1. The molecule has 0 bridgehead atoms. The number of primary amides is 1. The molecule has 2 aromatic carbocycles. The smallest absolute Gasteiger partial charge is 0.377 e. The molecule has 220 valence electrons. The highest BCUT2D eigenvalue weighted by atomic mass is 19.4. The summed E-state index contributed by atoms with van der Waals surface area (Å²) >= 11 is 0. The van der Waals surface area contributed by atoms with Crippen LogP contribution < -0.4 is 11.1 Å². The summed E-state index contributed by atoms with van der Waals surface area (Å²) in [5.41, 5.74) is 5.48. The van der Waals surface area contributed by atoms with Crippen LogP contribution in [0.15, 0.2) is 54.7 Å². The van der Waals surface area contributed by atoms with Gasteiger partial charge in [-0.05, 0) is 67.1 Å². The maximum atomic E-state index is 14.2. The second kappa shape index (κ2) is 11.6. The topological polar surface area (TPSA) is 106 Å². The average Bonchev–Trinajstić information content (AvgIpc) is 3.48. The number of nitrogens with two attached hydrogens (primary N) is 1. The van der Waals surface area contributed by atoms with Crippen LogP contribution >= 0.6 is 0 Å². The highest BCUT2D eigenvalue weighted by Gasteiger charge is 2.41. The molecule has 0 saturated carbocycles. The molecule has 1 unspecified atom stereocenters. The first-order chi connectivity index (χ1) is 19.9. The zero-order chi connectivity index (χ0) is 30.2. The molecule has 1 aliphatic carbocycles. The summed E-state index contributed by atoms with van der Waals surface area (Å²) in [6.45, 7) is -0.583. The van der Waals surface area contributed by atoms with Gasteiger partial charge in [0, 0.05) is 23.4 Å². The number of halogens is 6. The predicted molar refractivity (Wildman–Crippen MR) is 139 cm³/mol. The van der Waals surface area contributed by atoms with Crippen molar-refractivity contribution < 1.29 is 36.2 Å². The highest BCUT2D eigenvalue weighted by molar-refractivity contribution is 5.94. The number of carbonyl (C=O) groups excluding carboxylic acids is 1. The number of aromatic nitrogens is 3. The lowest BCUT2D eigenvalue weighted by atomic mass is 9.94. The Kier molecular flexibility index (Phi) is 8.06. The zero-order valence-corrected chi connectivity index (χ0v) is 21.9. The van der Waals surface area contributed by atoms with Crippen molar-refractivity contribution in [1.29, 1.82) is 0 Å².